The van der Waals surface area contributed by atoms with E-state index in [1.807, 2.05) is 36.1 Å². The van der Waals surface area contributed by atoms with Gasteiger partial charge in [0.25, 0.3) is 11.8 Å². The van der Waals surface area contributed by atoms with E-state index in [1.165, 1.54) is 4.90 Å². The zero-order valence-corrected chi connectivity index (χ0v) is 16.2. The summed E-state index contributed by atoms with van der Waals surface area (Å²) in [5.41, 5.74) is 1.78. The van der Waals surface area contributed by atoms with Crippen molar-refractivity contribution in [3.8, 4) is 5.75 Å². The molecule has 0 aromatic heterocycles. The van der Waals surface area contributed by atoms with Crippen LogP contribution in [0.3, 0.4) is 0 Å². The maximum absolute atomic E-state index is 13.1. The number of carbonyl (C=O) groups excluding carboxylic acids is 2. The van der Waals surface area contributed by atoms with E-state index in [1.54, 1.807) is 0 Å². The Labute approximate surface area is 160 Å². The highest BCUT2D eigenvalue weighted by molar-refractivity contribution is 6.35. The normalized spacial score (nSPS) is 17.9. The second-order valence-electron chi connectivity index (χ2n) is 6.75. The van der Waals surface area contributed by atoms with Crippen LogP contribution < -0.4 is 4.74 Å². The van der Waals surface area contributed by atoms with E-state index in [4.69, 9.17) is 9.47 Å². The molecule has 1 fully saturated rings. The minimum absolute atomic E-state index is 0.179. The van der Waals surface area contributed by atoms with Gasteiger partial charge in [0, 0.05) is 19.6 Å². The molecule has 27 heavy (non-hydrogen) atoms. The summed E-state index contributed by atoms with van der Waals surface area (Å²) < 4.78 is 10.9. The summed E-state index contributed by atoms with van der Waals surface area (Å²) in [6, 6.07) is 7.42. The van der Waals surface area contributed by atoms with Gasteiger partial charge in [-0.05, 0) is 31.0 Å². The molecule has 2 aliphatic rings. The molecule has 0 unspecified atom stereocenters. The molecule has 6 heteroatoms. The number of benzene rings is 1. The van der Waals surface area contributed by atoms with E-state index < -0.39 is 0 Å². The van der Waals surface area contributed by atoms with Gasteiger partial charge in [0.05, 0.1) is 25.4 Å². The van der Waals surface area contributed by atoms with Crippen LogP contribution in [0.4, 0.5) is 0 Å². The van der Waals surface area contributed by atoms with Gasteiger partial charge in [-0.25, -0.2) is 0 Å². The molecular formula is C21H28N2O4. The molecule has 0 bridgehead atoms. The molecule has 0 radical (unpaired) electrons. The zero-order chi connectivity index (χ0) is 19.2. The summed E-state index contributed by atoms with van der Waals surface area (Å²) >= 11 is 0. The molecule has 0 atom stereocenters. The van der Waals surface area contributed by atoms with Crippen molar-refractivity contribution in [1.82, 2.24) is 9.80 Å². The fourth-order valence-electron chi connectivity index (χ4n) is 3.51. The van der Waals surface area contributed by atoms with Gasteiger partial charge in [-0.2, -0.15) is 0 Å². The van der Waals surface area contributed by atoms with E-state index in [9.17, 15) is 9.59 Å². The third-order valence-corrected chi connectivity index (χ3v) is 4.91. The number of amides is 2. The van der Waals surface area contributed by atoms with Crippen molar-refractivity contribution in [2.75, 3.05) is 39.5 Å². The predicted molar refractivity (Wildman–Crippen MR) is 103 cm³/mol. The molecular weight excluding hydrogens is 344 g/mol. The van der Waals surface area contributed by atoms with Gasteiger partial charge in [-0.1, -0.05) is 31.9 Å². The Morgan fingerprint density at radius 3 is 2.33 bits per heavy atom. The van der Waals surface area contributed by atoms with Gasteiger partial charge in [-0.15, -0.1) is 0 Å². The third kappa shape index (κ3) is 4.16. The number of imide groups is 1. The zero-order valence-electron chi connectivity index (χ0n) is 16.2. The number of nitrogens with zero attached hydrogens (tertiary/aromatic N) is 2. The highest BCUT2D eigenvalue weighted by Crippen LogP contribution is 2.33. The Bertz CT molecular complexity index is 705. The molecule has 1 aromatic rings. The number of unbranched alkanes of at least 4 members (excludes halogenated alkanes) is 2. The van der Waals surface area contributed by atoms with Crippen molar-refractivity contribution in [3.63, 3.8) is 0 Å². The molecule has 2 aliphatic heterocycles. The van der Waals surface area contributed by atoms with Gasteiger partial charge in [0.1, 0.15) is 11.4 Å². The first-order valence-corrected chi connectivity index (χ1v) is 9.83. The molecule has 3 rings (SSSR count). The Hall–Kier alpha value is -2.34. The van der Waals surface area contributed by atoms with Gasteiger partial charge in [0.2, 0.25) is 0 Å². The largest absolute Gasteiger partial charge is 0.494 e. The summed E-state index contributed by atoms with van der Waals surface area (Å²) in [6.07, 6.45) is 2.88. The van der Waals surface area contributed by atoms with E-state index in [0.717, 1.165) is 30.6 Å². The van der Waals surface area contributed by atoms with Crippen LogP contribution in [0.1, 0.15) is 38.7 Å². The van der Waals surface area contributed by atoms with E-state index >= 15 is 0 Å². The van der Waals surface area contributed by atoms with E-state index in [2.05, 4.69) is 6.92 Å². The average molecular weight is 372 g/mol. The van der Waals surface area contributed by atoms with Crippen LogP contribution in [-0.2, 0) is 14.3 Å². The number of morpholine rings is 1. The quantitative estimate of drug-likeness (QED) is 0.519. The molecule has 2 heterocycles. The van der Waals surface area contributed by atoms with Crippen molar-refractivity contribution in [2.24, 2.45) is 0 Å². The number of ether oxygens (including phenoxy) is 2. The third-order valence-electron chi connectivity index (χ3n) is 4.91. The second-order valence-corrected chi connectivity index (χ2v) is 6.75. The molecule has 0 N–H and O–H groups in total. The summed E-state index contributed by atoms with van der Waals surface area (Å²) in [5, 5.41) is 0. The van der Waals surface area contributed by atoms with Gasteiger partial charge >= 0.3 is 0 Å². The molecule has 0 saturated carbocycles. The van der Waals surface area contributed by atoms with Crippen LogP contribution in [0.2, 0.25) is 0 Å². The van der Waals surface area contributed by atoms with Crippen LogP contribution in [-0.4, -0.2) is 61.1 Å². The number of carbonyl (C=O) groups is 2. The SMILES string of the molecule is CCCCCN1C(=O)C(c2ccc(OCC)cc2)=C(N2CCOCC2)C1=O. The van der Waals surface area contributed by atoms with Crippen LogP contribution in [0.5, 0.6) is 5.75 Å². The van der Waals surface area contributed by atoms with Crippen LogP contribution >= 0.6 is 0 Å². The van der Waals surface area contributed by atoms with E-state index in [0.29, 0.717) is 50.7 Å². The summed E-state index contributed by atoms with van der Waals surface area (Å²) in [6.45, 7) is 7.48. The molecule has 2 amide bonds. The number of rotatable bonds is 8. The fraction of sp³-hybridized carbons (Fsp3) is 0.524. The molecule has 146 valence electrons. The van der Waals surface area contributed by atoms with Crippen molar-refractivity contribution in [1.29, 1.82) is 0 Å². The Morgan fingerprint density at radius 2 is 1.70 bits per heavy atom. The van der Waals surface area contributed by atoms with Crippen molar-refractivity contribution >= 4 is 17.4 Å². The van der Waals surface area contributed by atoms with Crippen LogP contribution in [0.15, 0.2) is 30.0 Å². The number of hydrogen-bond donors (Lipinski definition) is 0. The standard InChI is InChI=1S/C21H28N2O4/c1-3-5-6-11-23-20(24)18(16-7-9-17(10-8-16)27-4-2)19(21(23)25)22-12-14-26-15-13-22/h7-10H,3-6,11-15H2,1-2H3. The van der Waals surface area contributed by atoms with E-state index in [-0.39, 0.29) is 11.8 Å². The minimum atomic E-state index is -0.193. The smallest absolute Gasteiger partial charge is 0.277 e. The van der Waals surface area contributed by atoms with Gasteiger partial charge < -0.3 is 14.4 Å². The lowest BCUT2D eigenvalue weighted by molar-refractivity contribution is -0.137. The van der Waals surface area contributed by atoms with Crippen LogP contribution in [0.25, 0.3) is 5.57 Å². The van der Waals surface area contributed by atoms with Crippen molar-refractivity contribution in [3.05, 3.63) is 35.5 Å². The molecule has 1 saturated heterocycles. The first kappa shape index (κ1) is 19.4. The lowest BCUT2D eigenvalue weighted by Crippen LogP contribution is -2.40. The maximum atomic E-state index is 13.1. The Kier molecular flexibility index (Phi) is 6.50. The summed E-state index contributed by atoms with van der Waals surface area (Å²) in [5.74, 6) is 0.384. The number of hydrogen-bond acceptors (Lipinski definition) is 5. The fourth-order valence-corrected chi connectivity index (χ4v) is 3.51. The highest BCUT2D eigenvalue weighted by atomic mass is 16.5. The highest BCUT2D eigenvalue weighted by Gasteiger charge is 2.41. The molecule has 0 spiro atoms. The predicted octanol–water partition coefficient (Wildman–Crippen LogP) is 2.69. The lowest BCUT2D eigenvalue weighted by Gasteiger charge is -2.29. The Balaban J connectivity index is 1.93. The summed E-state index contributed by atoms with van der Waals surface area (Å²) in [7, 11) is 0. The molecule has 6 nitrogen and oxygen atoms in total. The first-order chi connectivity index (χ1) is 13.2. The van der Waals surface area contributed by atoms with Gasteiger partial charge in [0.15, 0.2) is 0 Å². The van der Waals surface area contributed by atoms with Gasteiger partial charge in [-0.3, -0.25) is 14.5 Å². The lowest BCUT2D eigenvalue weighted by atomic mass is 10.0. The summed E-state index contributed by atoms with van der Waals surface area (Å²) in [4.78, 5) is 29.6. The minimum Gasteiger partial charge on any atom is -0.494 e. The monoisotopic (exact) mass is 372 g/mol. The molecule has 0 aliphatic carbocycles. The average Bonchev–Trinajstić information content (AvgIpc) is 2.94. The second kappa shape index (κ2) is 9.04. The molecule has 1 aromatic carbocycles. The maximum Gasteiger partial charge on any atom is 0.277 e. The first-order valence-electron chi connectivity index (χ1n) is 9.83. The van der Waals surface area contributed by atoms with Crippen molar-refractivity contribution in [2.45, 2.75) is 33.1 Å². The topological polar surface area (TPSA) is 59.1 Å². The van der Waals surface area contributed by atoms with Crippen LogP contribution in [0, 0.1) is 0 Å². The Morgan fingerprint density at radius 1 is 1.00 bits per heavy atom. The van der Waals surface area contributed by atoms with Crippen molar-refractivity contribution < 1.29 is 19.1 Å².